The monoisotopic (exact) mass is 320 g/mol. The maximum Gasteiger partial charge on any atom is 0.227 e. The SMILES string of the molecule is CCC(CC)C(=O)N1CCC(C(=O)Nc2ccc(F)cc2)CC1. The van der Waals surface area contributed by atoms with E-state index in [2.05, 4.69) is 5.32 Å². The summed E-state index contributed by atoms with van der Waals surface area (Å²) in [6, 6.07) is 5.76. The van der Waals surface area contributed by atoms with E-state index in [-0.39, 0.29) is 29.5 Å². The Morgan fingerprint density at radius 2 is 1.74 bits per heavy atom. The molecular formula is C18H25FN2O2. The van der Waals surface area contributed by atoms with E-state index >= 15 is 0 Å². The first-order valence-electron chi connectivity index (χ1n) is 8.40. The molecular weight excluding hydrogens is 295 g/mol. The highest BCUT2D eigenvalue weighted by Gasteiger charge is 2.29. The summed E-state index contributed by atoms with van der Waals surface area (Å²) in [6.07, 6.45) is 3.08. The molecule has 23 heavy (non-hydrogen) atoms. The minimum absolute atomic E-state index is 0.0498. The van der Waals surface area contributed by atoms with Gasteiger partial charge in [-0.15, -0.1) is 0 Å². The third-order valence-corrected chi connectivity index (χ3v) is 4.62. The molecule has 1 aromatic carbocycles. The fraction of sp³-hybridized carbons (Fsp3) is 0.556. The van der Waals surface area contributed by atoms with Crippen molar-refractivity contribution in [2.75, 3.05) is 18.4 Å². The predicted molar refractivity (Wildman–Crippen MR) is 88.4 cm³/mol. The van der Waals surface area contributed by atoms with Crippen molar-refractivity contribution in [3.8, 4) is 0 Å². The highest BCUT2D eigenvalue weighted by atomic mass is 19.1. The number of nitrogens with one attached hydrogen (secondary N) is 1. The Hall–Kier alpha value is -1.91. The molecule has 1 aromatic rings. The molecule has 0 aliphatic carbocycles. The van der Waals surface area contributed by atoms with Crippen molar-refractivity contribution in [3.63, 3.8) is 0 Å². The number of piperidine rings is 1. The lowest BCUT2D eigenvalue weighted by molar-refractivity contribution is -0.138. The summed E-state index contributed by atoms with van der Waals surface area (Å²) in [6.45, 7) is 5.34. The summed E-state index contributed by atoms with van der Waals surface area (Å²) >= 11 is 0. The second-order valence-electron chi connectivity index (χ2n) is 6.11. The molecule has 5 heteroatoms. The first-order valence-corrected chi connectivity index (χ1v) is 8.40. The quantitative estimate of drug-likeness (QED) is 0.903. The minimum Gasteiger partial charge on any atom is -0.342 e. The molecule has 0 spiro atoms. The molecule has 2 rings (SSSR count). The van der Waals surface area contributed by atoms with Crippen LogP contribution in [0, 0.1) is 17.7 Å². The maximum absolute atomic E-state index is 12.9. The molecule has 1 saturated heterocycles. The molecule has 1 N–H and O–H groups in total. The van der Waals surface area contributed by atoms with Crippen LogP contribution >= 0.6 is 0 Å². The Labute approximate surface area is 137 Å². The largest absolute Gasteiger partial charge is 0.342 e. The smallest absolute Gasteiger partial charge is 0.227 e. The van der Waals surface area contributed by atoms with E-state index in [1.165, 1.54) is 12.1 Å². The van der Waals surface area contributed by atoms with Gasteiger partial charge < -0.3 is 10.2 Å². The van der Waals surface area contributed by atoms with Crippen molar-refractivity contribution in [2.24, 2.45) is 11.8 Å². The van der Waals surface area contributed by atoms with Crippen LogP contribution in [0.4, 0.5) is 10.1 Å². The molecule has 0 radical (unpaired) electrons. The first-order chi connectivity index (χ1) is 11.0. The number of rotatable bonds is 5. The average molecular weight is 320 g/mol. The predicted octanol–water partition coefficient (Wildman–Crippen LogP) is 3.44. The van der Waals surface area contributed by atoms with Crippen molar-refractivity contribution in [1.82, 2.24) is 4.90 Å². The van der Waals surface area contributed by atoms with Gasteiger partial charge in [-0.05, 0) is 49.9 Å². The number of amides is 2. The molecule has 1 aliphatic rings. The average Bonchev–Trinajstić information content (AvgIpc) is 2.58. The Kier molecular flexibility index (Phi) is 6.13. The van der Waals surface area contributed by atoms with Gasteiger partial charge in [0.15, 0.2) is 0 Å². The van der Waals surface area contributed by atoms with Gasteiger partial charge in [0.25, 0.3) is 0 Å². The van der Waals surface area contributed by atoms with Crippen LogP contribution in [0.3, 0.4) is 0 Å². The second kappa shape index (κ2) is 8.09. The number of hydrogen-bond acceptors (Lipinski definition) is 2. The normalized spacial score (nSPS) is 15.7. The third kappa shape index (κ3) is 4.53. The number of carbonyl (C=O) groups excluding carboxylic acids is 2. The van der Waals surface area contributed by atoms with Gasteiger partial charge in [0, 0.05) is 30.6 Å². The van der Waals surface area contributed by atoms with Crippen LogP contribution in [0.15, 0.2) is 24.3 Å². The molecule has 126 valence electrons. The maximum atomic E-state index is 12.9. The summed E-state index contributed by atoms with van der Waals surface area (Å²) in [4.78, 5) is 26.5. The van der Waals surface area contributed by atoms with Gasteiger partial charge in [-0.25, -0.2) is 4.39 Å². The van der Waals surface area contributed by atoms with Gasteiger partial charge in [-0.1, -0.05) is 13.8 Å². The van der Waals surface area contributed by atoms with Crippen molar-refractivity contribution < 1.29 is 14.0 Å². The van der Waals surface area contributed by atoms with Gasteiger partial charge in [0.05, 0.1) is 0 Å². The molecule has 0 bridgehead atoms. The van der Waals surface area contributed by atoms with Crippen molar-refractivity contribution in [1.29, 1.82) is 0 Å². The summed E-state index contributed by atoms with van der Waals surface area (Å²) in [5, 5.41) is 2.82. The van der Waals surface area contributed by atoms with Gasteiger partial charge in [0.2, 0.25) is 11.8 Å². The summed E-state index contributed by atoms with van der Waals surface area (Å²) < 4.78 is 12.9. The lowest BCUT2D eigenvalue weighted by atomic mass is 9.93. The topological polar surface area (TPSA) is 49.4 Å². The Morgan fingerprint density at radius 3 is 2.26 bits per heavy atom. The Balaban J connectivity index is 1.85. The molecule has 1 aliphatic heterocycles. The second-order valence-corrected chi connectivity index (χ2v) is 6.11. The standard InChI is InChI=1S/C18H25FN2O2/c1-3-13(4-2)18(23)21-11-9-14(10-12-21)17(22)20-16-7-5-15(19)6-8-16/h5-8,13-14H,3-4,9-12H2,1-2H3,(H,20,22). The van der Waals surface area contributed by atoms with Crippen LogP contribution in [0.1, 0.15) is 39.5 Å². The number of halogens is 1. The van der Waals surface area contributed by atoms with Crippen LogP contribution in [0.25, 0.3) is 0 Å². The van der Waals surface area contributed by atoms with Gasteiger partial charge in [0.1, 0.15) is 5.82 Å². The molecule has 1 heterocycles. The van der Waals surface area contributed by atoms with E-state index in [9.17, 15) is 14.0 Å². The van der Waals surface area contributed by atoms with Crippen LogP contribution < -0.4 is 5.32 Å². The number of hydrogen-bond donors (Lipinski definition) is 1. The number of carbonyl (C=O) groups is 2. The summed E-state index contributed by atoms with van der Waals surface area (Å²) in [5.41, 5.74) is 0.604. The molecule has 0 unspecified atom stereocenters. The third-order valence-electron chi connectivity index (χ3n) is 4.62. The highest BCUT2D eigenvalue weighted by Crippen LogP contribution is 2.22. The van der Waals surface area contributed by atoms with Gasteiger partial charge in [-0.3, -0.25) is 9.59 Å². The highest BCUT2D eigenvalue weighted by molar-refractivity contribution is 5.92. The van der Waals surface area contributed by atoms with Crippen LogP contribution in [0.5, 0.6) is 0 Å². The van der Waals surface area contributed by atoms with E-state index in [1.54, 1.807) is 12.1 Å². The Morgan fingerprint density at radius 1 is 1.17 bits per heavy atom. The van der Waals surface area contributed by atoms with Crippen LogP contribution in [-0.2, 0) is 9.59 Å². The molecule has 2 amide bonds. The van der Waals surface area contributed by atoms with E-state index < -0.39 is 0 Å². The van der Waals surface area contributed by atoms with Crippen molar-refractivity contribution >= 4 is 17.5 Å². The fourth-order valence-electron chi connectivity index (χ4n) is 3.04. The van der Waals surface area contributed by atoms with E-state index in [0.717, 1.165) is 12.8 Å². The molecule has 4 nitrogen and oxygen atoms in total. The van der Waals surface area contributed by atoms with Crippen molar-refractivity contribution in [3.05, 3.63) is 30.1 Å². The number of likely N-dealkylation sites (tertiary alicyclic amines) is 1. The van der Waals surface area contributed by atoms with Gasteiger partial charge >= 0.3 is 0 Å². The minimum atomic E-state index is -0.323. The fourth-order valence-corrected chi connectivity index (χ4v) is 3.04. The number of anilines is 1. The molecule has 0 aromatic heterocycles. The summed E-state index contributed by atoms with van der Waals surface area (Å²) in [7, 11) is 0. The van der Waals surface area contributed by atoms with Gasteiger partial charge in [-0.2, -0.15) is 0 Å². The zero-order chi connectivity index (χ0) is 16.8. The first kappa shape index (κ1) is 17.4. The van der Waals surface area contributed by atoms with Crippen molar-refractivity contribution in [2.45, 2.75) is 39.5 Å². The zero-order valence-corrected chi connectivity index (χ0v) is 13.8. The molecule has 0 saturated carbocycles. The van der Waals surface area contributed by atoms with Crippen LogP contribution in [0.2, 0.25) is 0 Å². The number of nitrogens with zero attached hydrogens (tertiary/aromatic N) is 1. The van der Waals surface area contributed by atoms with E-state index in [0.29, 0.717) is 31.6 Å². The Bertz CT molecular complexity index is 532. The van der Waals surface area contributed by atoms with E-state index in [1.807, 2.05) is 18.7 Å². The van der Waals surface area contributed by atoms with Crippen LogP contribution in [-0.4, -0.2) is 29.8 Å². The molecule has 0 atom stereocenters. The number of benzene rings is 1. The molecule has 1 fully saturated rings. The zero-order valence-electron chi connectivity index (χ0n) is 13.8. The van der Waals surface area contributed by atoms with E-state index in [4.69, 9.17) is 0 Å². The lowest BCUT2D eigenvalue weighted by Gasteiger charge is -2.33. The lowest BCUT2D eigenvalue weighted by Crippen LogP contribution is -2.43. The summed E-state index contributed by atoms with van der Waals surface area (Å²) in [5.74, 6) is -0.153.